The predicted octanol–water partition coefficient (Wildman–Crippen LogP) is 7.09. The molecule has 2 aliphatic heterocycles. The van der Waals surface area contributed by atoms with E-state index in [1.807, 2.05) is 24.3 Å². The van der Waals surface area contributed by atoms with Crippen molar-refractivity contribution in [2.75, 3.05) is 24.6 Å². The number of amides is 2. The lowest BCUT2D eigenvalue weighted by Crippen LogP contribution is -2.42. The molecule has 2 atom stereocenters. The molecule has 2 aliphatic rings. The zero-order chi connectivity index (χ0) is 25.6. The average molecular weight is 545 g/mol. The van der Waals surface area contributed by atoms with Gasteiger partial charge in [-0.15, -0.1) is 0 Å². The van der Waals surface area contributed by atoms with Crippen LogP contribution in [0.2, 0.25) is 15.1 Å². The Morgan fingerprint density at radius 2 is 1.67 bits per heavy atom. The summed E-state index contributed by atoms with van der Waals surface area (Å²) in [5.74, 6) is 0.178. The molecule has 8 heteroatoms. The first-order valence-electron chi connectivity index (χ1n) is 12.1. The zero-order valence-corrected chi connectivity index (χ0v) is 22.4. The van der Waals surface area contributed by atoms with E-state index in [0.29, 0.717) is 33.3 Å². The van der Waals surface area contributed by atoms with Crippen LogP contribution in [0.15, 0.2) is 54.6 Å². The normalized spacial score (nSPS) is 20.1. The molecule has 0 aliphatic carbocycles. The van der Waals surface area contributed by atoms with E-state index >= 15 is 0 Å². The fourth-order valence-corrected chi connectivity index (χ4v) is 6.17. The Hall–Kier alpha value is -2.28. The highest BCUT2D eigenvalue weighted by Gasteiger charge is 2.37. The van der Waals surface area contributed by atoms with Gasteiger partial charge in [-0.3, -0.25) is 9.80 Å². The smallest absolute Gasteiger partial charge is 0.326 e. The molecule has 3 aromatic rings. The number of hydrogen-bond donors (Lipinski definition) is 2. The van der Waals surface area contributed by atoms with Gasteiger partial charge in [0, 0.05) is 60.3 Å². The number of hydrogen-bond acceptors (Lipinski definition) is 3. The van der Waals surface area contributed by atoms with E-state index in [4.69, 9.17) is 34.8 Å². The summed E-state index contributed by atoms with van der Waals surface area (Å²) in [4.78, 5) is 17.2. The summed E-state index contributed by atoms with van der Waals surface area (Å²) < 4.78 is 0. The van der Waals surface area contributed by atoms with Gasteiger partial charge in [0.1, 0.15) is 0 Å². The molecule has 0 radical (unpaired) electrons. The van der Waals surface area contributed by atoms with Crippen LogP contribution in [-0.2, 0) is 6.54 Å². The van der Waals surface area contributed by atoms with E-state index in [2.05, 4.69) is 36.2 Å². The fourth-order valence-electron chi connectivity index (χ4n) is 5.36. The minimum Gasteiger partial charge on any atom is -0.396 e. The number of rotatable bonds is 5. The number of nitrogens with zero attached hydrogens (tertiary/aromatic N) is 2. The monoisotopic (exact) mass is 543 g/mol. The molecule has 1 fully saturated rings. The van der Waals surface area contributed by atoms with Crippen LogP contribution in [0.4, 0.5) is 16.2 Å². The molecule has 2 N–H and O–H groups in total. The number of nitrogens with one attached hydrogen (secondary N) is 1. The zero-order valence-electron chi connectivity index (χ0n) is 20.1. The maximum atomic E-state index is 13.3. The quantitative estimate of drug-likeness (QED) is 0.360. The van der Waals surface area contributed by atoms with Gasteiger partial charge in [0.2, 0.25) is 0 Å². The molecular weight excluding hydrogens is 517 g/mol. The SMILES string of the molecule is CC(C)N1CC(c2cc(-c3ccccc3Cl)c3c(c2)N(c2c(Cl)cccc2Cl)C(=O)NC3)[C@@H](CO)C1. The minimum absolute atomic E-state index is 0.0827. The molecular formula is C28H28Cl3N3O2. The molecule has 2 amide bonds. The van der Waals surface area contributed by atoms with E-state index in [-0.39, 0.29) is 24.5 Å². The van der Waals surface area contributed by atoms with Crippen LogP contribution in [-0.4, -0.2) is 41.8 Å². The predicted molar refractivity (Wildman–Crippen MR) is 148 cm³/mol. The Kier molecular flexibility index (Phi) is 7.21. The summed E-state index contributed by atoms with van der Waals surface area (Å²) in [6, 6.07) is 17.2. The van der Waals surface area contributed by atoms with Gasteiger partial charge in [0.05, 0.1) is 21.4 Å². The number of para-hydroxylation sites is 1. The summed E-state index contributed by atoms with van der Waals surface area (Å²) >= 11 is 19.8. The second-order valence-electron chi connectivity index (χ2n) is 9.71. The number of halogens is 3. The van der Waals surface area contributed by atoms with E-state index < -0.39 is 0 Å². The van der Waals surface area contributed by atoms with Crippen LogP contribution in [0, 0.1) is 5.92 Å². The first-order valence-corrected chi connectivity index (χ1v) is 13.2. The van der Waals surface area contributed by atoms with Crippen LogP contribution in [0.1, 0.15) is 30.9 Å². The van der Waals surface area contributed by atoms with Gasteiger partial charge >= 0.3 is 6.03 Å². The molecule has 5 nitrogen and oxygen atoms in total. The fraction of sp³-hybridized carbons (Fsp3) is 0.321. The van der Waals surface area contributed by atoms with Gasteiger partial charge in [-0.1, -0.05) is 65.1 Å². The summed E-state index contributed by atoms with van der Waals surface area (Å²) in [5, 5.41) is 14.6. The van der Waals surface area contributed by atoms with Gasteiger partial charge in [-0.25, -0.2) is 4.79 Å². The molecule has 5 rings (SSSR count). The Balaban J connectivity index is 1.75. The van der Waals surface area contributed by atoms with Gasteiger partial charge in [-0.2, -0.15) is 0 Å². The molecule has 1 unspecified atom stereocenters. The van der Waals surface area contributed by atoms with E-state index in [1.54, 1.807) is 23.1 Å². The Morgan fingerprint density at radius 3 is 2.33 bits per heavy atom. The molecule has 36 heavy (non-hydrogen) atoms. The largest absolute Gasteiger partial charge is 0.396 e. The summed E-state index contributed by atoms with van der Waals surface area (Å²) in [7, 11) is 0. The molecule has 0 bridgehead atoms. The van der Waals surface area contributed by atoms with Gasteiger partial charge < -0.3 is 10.4 Å². The first-order chi connectivity index (χ1) is 17.3. The maximum absolute atomic E-state index is 13.3. The van der Waals surface area contributed by atoms with Crippen LogP contribution < -0.4 is 10.2 Å². The number of anilines is 2. The van der Waals surface area contributed by atoms with Crippen molar-refractivity contribution in [1.29, 1.82) is 0 Å². The van der Waals surface area contributed by atoms with Crippen molar-refractivity contribution in [1.82, 2.24) is 10.2 Å². The highest BCUT2D eigenvalue weighted by molar-refractivity contribution is 6.40. The molecule has 188 valence electrons. The number of likely N-dealkylation sites (tertiary alicyclic amines) is 1. The molecule has 2 heterocycles. The van der Waals surface area contributed by atoms with Crippen molar-refractivity contribution in [3.05, 3.63) is 80.8 Å². The molecule has 0 spiro atoms. The number of carbonyl (C=O) groups is 1. The van der Waals surface area contributed by atoms with Crippen LogP contribution in [0.25, 0.3) is 11.1 Å². The lowest BCUT2D eigenvalue weighted by atomic mass is 9.85. The van der Waals surface area contributed by atoms with Crippen molar-refractivity contribution >= 4 is 52.2 Å². The second kappa shape index (κ2) is 10.2. The number of fused-ring (bicyclic) bond motifs is 1. The Bertz CT molecular complexity index is 1290. The summed E-state index contributed by atoms with van der Waals surface area (Å²) in [5.41, 5.74) is 4.98. The first kappa shape index (κ1) is 25.4. The number of aliphatic hydroxyl groups excluding tert-OH is 1. The maximum Gasteiger partial charge on any atom is 0.326 e. The van der Waals surface area contributed by atoms with Crippen molar-refractivity contribution in [2.24, 2.45) is 5.92 Å². The third-order valence-electron chi connectivity index (χ3n) is 7.30. The number of aliphatic hydroxyl groups is 1. The molecule has 0 saturated carbocycles. The summed E-state index contributed by atoms with van der Waals surface area (Å²) in [6.45, 7) is 6.42. The highest BCUT2D eigenvalue weighted by atomic mass is 35.5. The van der Waals surface area contributed by atoms with Crippen molar-refractivity contribution < 1.29 is 9.90 Å². The van der Waals surface area contributed by atoms with Gasteiger partial charge in [-0.05, 0) is 49.2 Å². The molecule has 0 aromatic heterocycles. The number of benzene rings is 3. The second-order valence-corrected chi connectivity index (χ2v) is 10.9. The third-order valence-corrected chi connectivity index (χ3v) is 8.24. The van der Waals surface area contributed by atoms with Crippen molar-refractivity contribution in [3.63, 3.8) is 0 Å². The van der Waals surface area contributed by atoms with E-state index in [0.717, 1.165) is 41.0 Å². The minimum atomic E-state index is -0.298. The average Bonchev–Trinajstić information content (AvgIpc) is 3.30. The number of urea groups is 1. The van der Waals surface area contributed by atoms with Crippen LogP contribution in [0.5, 0.6) is 0 Å². The Morgan fingerprint density at radius 1 is 0.972 bits per heavy atom. The van der Waals surface area contributed by atoms with E-state index in [1.165, 1.54) is 0 Å². The Labute approximate surface area is 226 Å². The van der Waals surface area contributed by atoms with Crippen LogP contribution in [0.3, 0.4) is 0 Å². The number of carbonyl (C=O) groups excluding carboxylic acids is 1. The van der Waals surface area contributed by atoms with Crippen molar-refractivity contribution in [3.8, 4) is 11.1 Å². The summed E-state index contributed by atoms with van der Waals surface area (Å²) in [6.07, 6.45) is 0. The third kappa shape index (κ3) is 4.48. The van der Waals surface area contributed by atoms with Gasteiger partial charge in [0.15, 0.2) is 0 Å². The highest BCUT2D eigenvalue weighted by Crippen LogP contribution is 2.47. The van der Waals surface area contributed by atoms with E-state index in [9.17, 15) is 9.90 Å². The van der Waals surface area contributed by atoms with Crippen molar-refractivity contribution in [2.45, 2.75) is 32.4 Å². The standard InChI is InChI=1S/C28H28Cl3N3O2/c1-16(2)33-13-18(15-35)22(14-33)17-10-20(19-6-3-4-7-23(19)29)21-12-32-28(36)34(26(21)11-17)27-24(30)8-5-9-25(27)31/h3-11,16,18,22,35H,12-15H2,1-2H3,(H,32,36)/t18-,22?/m1/s1. The van der Waals surface area contributed by atoms with Crippen LogP contribution >= 0.6 is 34.8 Å². The topological polar surface area (TPSA) is 55.8 Å². The lowest BCUT2D eigenvalue weighted by Gasteiger charge is -2.34. The molecule has 3 aromatic carbocycles. The van der Waals surface area contributed by atoms with Gasteiger partial charge in [0.25, 0.3) is 0 Å². The molecule has 1 saturated heterocycles. The lowest BCUT2D eigenvalue weighted by molar-refractivity contribution is 0.205.